The molecular weight excluding hydrogens is 264 g/mol. The standard InChI is InChI=1S/C17H28N2O2/c1-18-15-16-7-3-4-8-17(16)21-14-13-20-12-11-19-9-5-2-6-10-19/h3-4,7-8,18H,2,5-6,9-15H2,1H3. The van der Waals surface area contributed by atoms with Gasteiger partial charge in [-0.25, -0.2) is 0 Å². The van der Waals surface area contributed by atoms with Gasteiger partial charge in [0.25, 0.3) is 0 Å². The highest BCUT2D eigenvalue weighted by atomic mass is 16.5. The van der Waals surface area contributed by atoms with Gasteiger partial charge in [-0.05, 0) is 39.0 Å². The van der Waals surface area contributed by atoms with Crippen LogP contribution in [0.4, 0.5) is 0 Å². The van der Waals surface area contributed by atoms with Crippen LogP contribution in [0, 0.1) is 0 Å². The van der Waals surface area contributed by atoms with Crippen molar-refractivity contribution in [1.82, 2.24) is 10.2 Å². The second-order valence-electron chi connectivity index (χ2n) is 5.50. The summed E-state index contributed by atoms with van der Waals surface area (Å²) in [7, 11) is 1.94. The first kappa shape index (κ1) is 16.3. The Morgan fingerprint density at radius 2 is 1.86 bits per heavy atom. The largest absolute Gasteiger partial charge is 0.491 e. The van der Waals surface area contributed by atoms with E-state index in [9.17, 15) is 0 Å². The highest BCUT2D eigenvalue weighted by Crippen LogP contribution is 2.17. The number of ether oxygens (including phenoxy) is 2. The fourth-order valence-electron chi connectivity index (χ4n) is 2.67. The molecule has 2 rings (SSSR count). The molecule has 21 heavy (non-hydrogen) atoms. The van der Waals surface area contributed by atoms with E-state index in [1.807, 2.05) is 25.2 Å². The molecule has 0 atom stereocenters. The number of likely N-dealkylation sites (tertiary alicyclic amines) is 1. The van der Waals surface area contributed by atoms with Crippen molar-refractivity contribution in [2.24, 2.45) is 0 Å². The maximum Gasteiger partial charge on any atom is 0.123 e. The molecule has 0 bridgehead atoms. The second kappa shape index (κ2) is 9.77. The summed E-state index contributed by atoms with van der Waals surface area (Å²) < 4.78 is 11.5. The van der Waals surface area contributed by atoms with Crippen LogP contribution in [0.2, 0.25) is 0 Å². The maximum absolute atomic E-state index is 5.80. The van der Waals surface area contributed by atoms with Gasteiger partial charge in [0.05, 0.1) is 13.2 Å². The Morgan fingerprint density at radius 1 is 1.05 bits per heavy atom. The summed E-state index contributed by atoms with van der Waals surface area (Å²) in [5, 5.41) is 3.15. The quantitative estimate of drug-likeness (QED) is 0.708. The highest BCUT2D eigenvalue weighted by Gasteiger charge is 2.09. The van der Waals surface area contributed by atoms with Gasteiger partial charge < -0.3 is 19.7 Å². The van der Waals surface area contributed by atoms with E-state index in [2.05, 4.69) is 16.3 Å². The Bertz CT molecular complexity index is 392. The molecular formula is C17H28N2O2. The molecule has 1 fully saturated rings. The molecule has 0 aliphatic carbocycles. The number of benzene rings is 1. The minimum absolute atomic E-state index is 0.612. The zero-order chi connectivity index (χ0) is 14.8. The molecule has 0 amide bonds. The molecule has 0 saturated carbocycles. The number of hydrogen-bond donors (Lipinski definition) is 1. The van der Waals surface area contributed by atoms with Crippen molar-refractivity contribution in [3.63, 3.8) is 0 Å². The molecule has 118 valence electrons. The first-order chi connectivity index (χ1) is 10.4. The summed E-state index contributed by atoms with van der Waals surface area (Å²) >= 11 is 0. The molecule has 4 heteroatoms. The van der Waals surface area contributed by atoms with Crippen LogP contribution in [-0.4, -0.2) is 51.4 Å². The fourth-order valence-corrected chi connectivity index (χ4v) is 2.67. The third-order valence-electron chi connectivity index (χ3n) is 3.83. The van der Waals surface area contributed by atoms with Gasteiger partial charge in [-0.2, -0.15) is 0 Å². The van der Waals surface area contributed by atoms with Gasteiger partial charge in [0, 0.05) is 18.7 Å². The predicted molar refractivity (Wildman–Crippen MR) is 85.8 cm³/mol. The van der Waals surface area contributed by atoms with Crippen LogP contribution in [0.15, 0.2) is 24.3 Å². The molecule has 1 heterocycles. The molecule has 0 unspecified atom stereocenters. The predicted octanol–water partition coefficient (Wildman–Crippen LogP) is 2.29. The summed E-state index contributed by atoms with van der Waals surface area (Å²) in [4.78, 5) is 2.49. The van der Waals surface area contributed by atoms with Gasteiger partial charge in [-0.15, -0.1) is 0 Å². The Hall–Kier alpha value is -1.10. The summed E-state index contributed by atoms with van der Waals surface area (Å²) in [5.41, 5.74) is 1.19. The SMILES string of the molecule is CNCc1ccccc1OCCOCCN1CCCCC1. The molecule has 1 aliphatic rings. The third kappa shape index (κ3) is 6.04. The van der Waals surface area contributed by atoms with Crippen LogP contribution in [0.5, 0.6) is 5.75 Å². The molecule has 1 aromatic rings. The minimum atomic E-state index is 0.612. The van der Waals surface area contributed by atoms with E-state index in [0.29, 0.717) is 13.2 Å². The van der Waals surface area contributed by atoms with E-state index in [4.69, 9.17) is 9.47 Å². The Morgan fingerprint density at radius 3 is 2.67 bits per heavy atom. The normalized spacial score (nSPS) is 16.0. The average Bonchev–Trinajstić information content (AvgIpc) is 2.53. The Kier molecular flexibility index (Phi) is 7.57. The molecule has 1 N–H and O–H groups in total. The van der Waals surface area contributed by atoms with E-state index < -0.39 is 0 Å². The van der Waals surface area contributed by atoms with E-state index in [-0.39, 0.29) is 0 Å². The highest BCUT2D eigenvalue weighted by molar-refractivity contribution is 5.33. The van der Waals surface area contributed by atoms with Crippen molar-refractivity contribution in [3.05, 3.63) is 29.8 Å². The summed E-state index contributed by atoms with van der Waals surface area (Å²) in [6, 6.07) is 8.14. The number of nitrogens with one attached hydrogen (secondary N) is 1. The molecule has 1 aromatic carbocycles. The number of piperidine rings is 1. The van der Waals surface area contributed by atoms with Gasteiger partial charge >= 0.3 is 0 Å². The van der Waals surface area contributed by atoms with Gasteiger partial charge in [0.15, 0.2) is 0 Å². The number of para-hydroxylation sites is 1. The first-order valence-corrected chi connectivity index (χ1v) is 8.05. The summed E-state index contributed by atoms with van der Waals surface area (Å²) in [6.45, 7) is 6.42. The molecule has 0 spiro atoms. The van der Waals surface area contributed by atoms with Gasteiger partial charge in [-0.3, -0.25) is 0 Å². The lowest BCUT2D eigenvalue weighted by Crippen LogP contribution is -2.32. The van der Waals surface area contributed by atoms with Crippen molar-refractivity contribution in [2.75, 3.05) is 46.5 Å². The number of hydrogen-bond acceptors (Lipinski definition) is 4. The van der Waals surface area contributed by atoms with E-state index >= 15 is 0 Å². The monoisotopic (exact) mass is 292 g/mol. The Balaban J connectivity index is 1.57. The zero-order valence-electron chi connectivity index (χ0n) is 13.1. The fraction of sp³-hybridized carbons (Fsp3) is 0.647. The van der Waals surface area contributed by atoms with E-state index in [0.717, 1.165) is 25.4 Å². The molecule has 1 aliphatic heterocycles. The van der Waals surface area contributed by atoms with Crippen molar-refractivity contribution < 1.29 is 9.47 Å². The topological polar surface area (TPSA) is 33.7 Å². The number of rotatable bonds is 9. The summed E-state index contributed by atoms with van der Waals surface area (Å²) in [5.74, 6) is 0.950. The molecule has 0 aromatic heterocycles. The third-order valence-corrected chi connectivity index (χ3v) is 3.83. The number of nitrogens with zero attached hydrogens (tertiary/aromatic N) is 1. The maximum atomic E-state index is 5.80. The lowest BCUT2D eigenvalue weighted by molar-refractivity contribution is 0.0748. The van der Waals surface area contributed by atoms with Gasteiger partial charge in [0.1, 0.15) is 12.4 Å². The smallest absolute Gasteiger partial charge is 0.123 e. The van der Waals surface area contributed by atoms with Crippen LogP contribution in [-0.2, 0) is 11.3 Å². The lowest BCUT2D eigenvalue weighted by atomic mass is 10.1. The Labute approximate surface area is 128 Å². The molecule has 0 radical (unpaired) electrons. The zero-order valence-corrected chi connectivity index (χ0v) is 13.1. The van der Waals surface area contributed by atoms with Crippen molar-refractivity contribution in [2.45, 2.75) is 25.8 Å². The van der Waals surface area contributed by atoms with Crippen LogP contribution < -0.4 is 10.1 Å². The van der Waals surface area contributed by atoms with Crippen molar-refractivity contribution in [3.8, 4) is 5.75 Å². The van der Waals surface area contributed by atoms with Crippen molar-refractivity contribution >= 4 is 0 Å². The van der Waals surface area contributed by atoms with E-state index in [1.54, 1.807) is 0 Å². The van der Waals surface area contributed by atoms with Gasteiger partial charge in [-0.1, -0.05) is 24.6 Å². The van der Waals surface area contributed by atoms with Crippen LogP contribution in [0.3, 0.4) is 0 Å². The summed E-state index contributed by atoms with van der Waals surface area (Å²) in [6.07, 6.45) is 4.06. The van der Waals surface area contributed by atoms with Gasteiger partial charge in [0.2, 0.25) is 0 Å². The van der Waals surface area contributed by atoms with Crippen LogP contribution in [0.25, 0.3) is 0 Å². The second-order valence-corrected chi connectivity index (χ2v) is 5.50. The van der Waals surface area contributed by atoms with Crippen molar-refractivity contribution in [1.29, 1.82) is 0 Å². The molecule has 4 nitrogen and oxygen atoms in total. The average molecular weight is 292 g/mol. The lowest BCUT2D eigenvalue weighted by Gasteiger charge is -2.26. The molecule has 1 saturated heterocycles. The van der Waals surface area contributed by atoms with E-state index in [1.165, 1.54) is 37.9 Å². The van der Waals surface area contributed by atoms with Crippen LogP contribution in [0.1, 0.15) is 24.8 Å². The minimum Gasteiger partial charge on any atom is -0.491 e. The van der Waals surface area contributed by atoms with Crippen LogP contribution >= 0.6 is 0 Å². The first-order valence-electron chi connectivity index (χ1n) is 8.05.